The number of halogens is 3. The molecular formula is C21H17F3N2O4. The number of nitrogens with two attached hydrogens (primary N) is 1. The first kappa shape index (κ1) is 21.3. The summed E-state index contributed by atoms with van der Waals surface area (Å²) in [6.07, 6.45) is -5.62. The second kappa shape index (κ2) is 8.52. The van der Waals surface area contributed by atoms with Crippen molar-refractivity contribution in [2.24, 2.45) is 5.73 Å². The highest BCUT2D eigenvalue weighted by molar-refractivity contribution is 5.91. The highest BCUT2D eigenvalue weighted by atomic mass is 19.4. The first-order valence-electron chi connectivity index (χ1n) is 8.73. The van der Waals surface area contributed by atoms with E-state index in [2.05, 4.69) is 4.98 Å². The van der Waals surface area contributed by atoms with Gasteiger partial charge in [-0.1, -0.05) is 0 Å². The Morgan fingerprint density at radius 1 is 1.03 bits per heavy atom. The van der Waals surface area contributed by atoms with Crippen LogP contribution in [0.3, 0.4) is 0 Å². The lowest BCUT2D eigenvalue weighted by Gasteiger charge is -2.12. The summed E-state index contributed by atoms with van der Waals surface area (Å²) in [4.78, 5) is 15.7. The van der Waals surface area contributed by atoms with E-state index < -0.39 is 30.4 Å². The van der Waals surface area contributed by atoms with Gasteiger partial charge in [0.15, 0.2) is 0 Å². The van der Waals surface area contributed by atoms with Gasteiger partial charge in [-0.05, 0) is 66.2 Å². The molecule has 30 heavy (non-hydrogen) atoms. The molecule has 1 amide bonds. The third-order valence-electron chi connectivity index (χ3n) is 4.23. The largest absolute Gasteiger partial charge is 0.457 e. The SMILES string of the molecule is NC(=O)c1cc(C(O)CO)cc(-c2ccc(Oc3ccc(C(F)(F)F)cc3)cc2)n1. The summed E-state index contributed by atoms with van der Waals surface area (Å²) in [5, 5.41) is 19.0. The number of aliphatic hydroxyl groups is 2. The number of amides is 1. The van der Waals surface area contributed by atoms with E-state index in [9.17, 15) is 23.1 Å². The van der Waals surface area contributed by atoms with E-state index in [1.54, 1.807) is 24.3 Å². The fourth-order valence-corrected chi connectivity index (χ4v) is 2.67. The number of hydrogen-bond acceptors (Lipinski definition) is 5. The van der Waals surface area contributed by atoms with Crippen molar-refractivity contribution >= 4 is 5.91 Å². The molecule has 156 valence electrons. The topological polar surface area (TPSA) is 106 Å². The van der Waals surface area contributed by atoms with Crippen molar-refractivity contribution in [3.63, 3.8) is 0 Å². The summed E-state index contributed by atoms with van der Waals surface area (Å²) in [5.74, 6) is -0.177. The number of aromatic nitrogens is 1. The summed E-state index contributed by atoms with van der Waals surface area (Å²) < 4.78 is 43.4. The molecule has 4 N–H and O–H groups in total. The molecule has 0 saturated carbocycles. The van der Waals surface area contributed by atoms with Gasteiger partial charge in [0.25, 0.3) is 5.91 Å². The highest BCUT2D eigenvalue weighted by Gasteiger charge is 2.30. The van der Waals surface area contributed by atoms with Crippen molar-refractivity contribution in [1.29, 1.82) is 0 Å². The number of aliphatic hydroxyl groups excluding tert-OH is 2. The molecule has 0 aliphatic heterocycles. The molecule has 1 heterocycles. The van der Waals surface area contributed by atoms with Gasteiger partial charge in [-0.15, -0.1) is 0 Å². The molecule has 0 radical (unpaired) electrons. The summed E-state index contributed by atoms with van der Waals surface area (Å²) in [5.41, 5.74) is 5.64. The summed E-state index contributed by atoms with van der Waals surface area (Å²) in [6, 6.07) is 13.5. The number of alkyl halides is 3. The number of carbonyl (C=O) groups is 1. The second-order valence-corrected chi connectivity index (χ2v) is 6.38. The van der Waals surface area contributed by atoms with Crippen molar-refractivity contribution in [2.75, 3.05) is 6.61 Å². The predicted molar refractivity (Wildman–Crippen MR) is 102 cm³/mol. The van der Waals surface area contributed by atoms with Gasteiger partial charge in [0.05, 0.1) is 17.9 Å². The van der Waals surface area contributed by atoms with Gasteiger partial charge in [-0.2, -0.15) is 13.2 Å². The van der Waals surface area contributed by atoms with Crippen molar-refractivity contribution in [2.45, 2.75) is 12.3 Å². The van der Waals surface area contributed by atoms with Crippen LogP contribution >= 0.6 is 0 Å². The zero-order valence-corrected chi connectivity index (χ0v) is 15.4. The third kappa shape index (κ3) is 4.94. The minimum absolute atomic E-state index is 0.0694. The molecule has 1 atom stereocenters. The number of rotatable bonds is 6. The Balaban J connectivity index is 1.83. The summed E-state index contributed by atoms with van der Waals surface area (Å²) in [7, 11) is 0. The molecule has 0 bridgehead atoms. The number of carbonyl (C=O) groups excluding carboxylic acids is 1. The van der Waals surface area contributed by atoms with Crippen LogP contribution in [-0.2, 0) is 6.18 Å². The van der Waals surface area contributed by atoms with Crippen molar-refractivity contribution in [3.8, 4) is 22.8 Å². The summed E-state index contributed by atoms with van der Waals surface area (Å²) in [6.45, 7) is -0.540. The molecule has 0 spiro atoms. The molecule has 3 rings (SSSR count). The van der Waals surface area contributed by atoms with Crippen LogP contribution in [0.15, 0.2) is 60.7 Å². The van der Waals surface area contributed by atoms with Gasteiger partial charge in [0.2, 0.25) is 0 Å². The standard InChI is InChI=1S/C21H17F3N2O4/c22-21(23,24)14-3-7-16(8-4-14)30-15-5-1-12(2-6-15)17-9-13(19(28)11-27)10-18(26-17)20(25)29/h1-10,19,27-28H,11H2,(H2,25,29). The second-order valence-electron chi connectivity index (χ2n) is 6.38. The van der Waals surface area contributed by atoms with Crippen LogP contribution in [0.4, 0.5) is 13.2 Å². The lowest BCUT2D eigenvalue weighted by Crippen LogP contribution is -2.15. The zero-order chi connectivity index (χ0) is 21.9. The van der Waals surface area contributed by atoms with Crippen molar-refractivity contribution in [1.82, 2.24) is 4.98 Å². The van der Waals surface area contributed by atoms with Crippen LogP contribution in [0, 0.1) is 0 Å². The fourth-order valence-electron chi connectivity index (χ4n) is 2.67. The minimum Gasteiger partial charge on any atom is -0.457 e. The number of hydrogen-bond donors (Lipinski definition) is 3. The summed E-state index contributed by atoms with van der Waals surface area (Å²) >= 11 is 0. The maximum atomic E-state index is 12.6. The molecule has 0 aliphatic rings. The molecule has 9 heteroatoms. The number of primary amides is 1. The van der Waals surface area contributed by atoms with Crippen LogP contribution in [0.1, 0.15) is 27.7 Å². The Morgan fingerprint density at radius 2 is 1.60 bits per heavy atom. The maximum absolute atomic E-state index is 12.6. The molecule has 0 aliphatic carbocycles. The Kier molecular flexibility index (Phi) is 6.04. The number of pyridine rings is 1. The number of ether oxygens (including phenoxy) is 1. The molecule has 2 aromatic carbocycles. The van der Waals surface area contributed by atoms with Crippen LogP contribution in [0.5, 0.6) is 11.5 Å². The Morgan fingerprint density at radius 3 is 2.10 bits per heavy atom. The van der Waals surface area contributed by atoms with E-state index in [0.29, 0.717) is 17.0 Å². The van der Waals surface area contributed by atoms with E-state index in [-0.39, 0.29) is 17.0 Å². The molecule has 1 aromatic heterocycles. The smallest absolute Gasteiger partial charge is 0.416 e. The van der Waals surface area contributed by atoms with Gasteiger partial charge in [-0.3, -0.25) is 4.79 Å². The predicted octanol–water partition coefficient (Wildman–Crippen LogP) is 3.68. The molecule has 0 fully saturated rings. The lowest BCUT2D eigenvalue weighted by atomic mass is 10.0. The monoisotopic (exact) mass is 418 g/mol. The van der Waals surface area contributed by atoms with Gasteiger partial charge >= 0.3 is 6.18 Å². The first-order valence-corrected chi connectivity index (χ1v) is 8.73. The fraction of sp³-hybridized carbons (Fsp3) is 0.143. The van der Waals surface area contributed by atoms with E-state index in [1.165, 1.54) is 24.3 Å². The van der Waals surface area contributed by atoms with Crippen LogP contribution < -0.4 is 10.5 Å². The first-order chi connectivity index (χ1) is 14.2. The quantitative estimate of drug-likeness (QED) is 0.566. The van der Waals surface area contributed by atoms with Crippen LogP contribution in [0.25, 0.3) is 11.3 Å². The molecule has 1 unspecified atom stereocenters. The highest BCUT2D eigenvalue weighted by Crippen LogP contribution is 2.32. The van der Waals surface area contributed by atoms with E-state index in [4.69, 9.17) is 15.6 Å². The molecule has 0 saturated heterocycles. The zero-order valence-electron chi connectivity index (χ0n) is 15.4. The van der Waals surface area contributed by atoms with Gasteiger partial charge < -0.3 is 20.7 Å². The minimum atomic E-state index is -4.42. The Labute approximate surface area is 169 Å². The number of nitrogens with zero attached hydrogens (tertiary/aromatic N) is 1. The van der Waals surface area contributed by atoms with Gasteiger partial charge in [-0.25, -0.2) is 4.98 Å². The lowest BCUT2D eigenvalue weighted by molar-refractivity contribution is -0.137. The molecular weight excluding hydrogens is 401 g/mol. The normalized spacial score (nSPS) is 12.4. The number of benzene rings is 2. The maximum Gasteiger partial charge on any atom is 0.416 e. The van der Waals surface area contributed by atoms with Crippen molar-refractivity contribution in [3.05, 3.63) is 77.5 Å². The molecule has 6 nitrogen and oxygen atoms in total. The van der Waals surface area contributed by atoms with E-state index in [1.807, 2.05) is 0 Å². The van der Waals surface area contributed by atoms with E-state index >= 15 is 0 Å². The van der Waals surface area contributed by atoms with Crippen LogP contribution in [-0.4, -0.2) is 27.7 Å². The third-order valence-corrected chi connectivity index (χ3v) is 4.23. The van der Waals surface area contributed by atoms with Gasteiger partial charge in [0.1, 0.15) is 23.3 Å². The average molecular weight is 418 g/mol. The Bertz CT molecular complexity index is 1040. The molecule has 3 aromatic rings. The average Bonchev–Trinajstić information content (AvgIpc) is 2.73. The van der Waals surface area contributed by atoms with Crippen LogP contribution in [0.2, 0.25) is 0 Å². The van der Waals surface area contributed by atoms with Crippen molar-refractivity contribution < 1.29 is 32.9 Å². The van der Waals surface area contributed by atoms with Gasteiger partial charge in [0, 0.05) is 5.56 Å². The Hall–Kier alpha value is -3.43. The van der Waals surface area contributed by atoms with E-state index in [0.717, 1.165) is 12.1 Å².